The number of nitrogens with two attached hydrogens (primary N) is 1. The molecule has 0 aromatic carbocycles. The molecule has 0 aromatic heterocycles. The SMILES string of the molecule is N/C=N/[O]. The van der Waals surface area contributed by atoms with Crippen molar-refractivity contribution < 1.29 is 5.21 Å². The fourth-order valence-corrected chi connectivity index (χ4v) is 0. The first-order valence-corrected chi connectivity index (χ1v) is 0.774. The highest BCUT2D eigenvalue weighted by atomic mass is 16.4. The molecule has 0 rings (SSSR count). The zero-order valence-electron chi connectivity index (χ0n) is 2.01. The minimum Gasteiger partial charge on any atom is -0.387 e. The Morgan fingerprint density at radius 3 is 2.25 bits per heavy atom. The largest absolute Gasteiger partial charge is 0.387 e. The fraction of sp³-hybridized carbons (Fsp3) is 0. The van der Waals surface area contributed by atoms with Crippen LogP contribution in [0.3, 0.4) is 0 Å². The zero-order valence-corrected chi connectivity index (χ0v) is 2.01. The van der Waals surface area contributed by atoms with Crippen LogP contribution in [0.15, 0.2) is 5.16 Å². The maximum Gasteiger partial charge on any atom is 0.131 e. The number of nitrogens with zero attached hydrogens (tertiary/aromatic N) is 1. The molecule has 0 fully saturated rings. The first kappa shape index (κ1) is 3.27. The van der Waals surface area contributed by atoms with Crippen molar-refractivity contribution in [2.45, 2.75) is 0 Å². The molecular weight excluding hydrogens is 56.0 g/mol. The van der Waals surface area contributed by atoms with Crippen LogP contribution in [0.4, 0.5) is 0 Å². The molecule has 1 radical (unpaired) electrons. The van der Waals surface area contributed by atoms with Gasteiger partial charge in [-0.05, 0) is 5.16 Å². The lowest BCUT2D eigenvalue weighted by Crippen LogP contribution is -1.84. The van der Waals surface area contributed by atoms with E-state index in [-0.39, 0.29) is 0 Å². The van der Waals surface area contributed by atoms with Gasteiger partial charge in [0, 0.05) is 0 Å². The van der Waals surface area contributed by atoms with Crippen molar-refractivity contribution in [1.82, 2.24) is 0 Å². The van der Waals surface area contributed by atoms with E-state index in [1.165, 1.54) is 0 Å². The van der Waals surface area contributed by atoms with Crippen LogP contribution in [0.5, 0.6) is 0 Å². The Kier molecular flexibility index (Phi) is 1.86. The van der Waals surface area contributed by atoms with E-state index in [4.69, 9.17) is 5.21 Å². The molecule has 0 aliphatic heterocycles. The number of hydrogen-bond donors (Lipinski definition) is 1. The van der Waals surface area contributed by atoms with E-state index in [2.05, 4.69) is 10.9 Å². The third kappa shape index (κ3) is 1.27. The van der Waals surface area contributed by atoms with E-state index >= 15 is 0 Å². The van der Waals surface area contributed by atoms with E-state index in [1.54, 1.807) is 0 Å². The monoisotopic (exact) mass is 59.0 g/mol. The highest BCUT2D eigenvalue weighted by Crippen LogP contribution is 1.31. The van der Waals surface area contributed by atoms with Crippen molar-refractivity contribution >= 4 is 6.34 Å². The highest BCUT2D eigenvalue weighted by Gasteiger charge is 1.38. The first-order valence-electron chi connectivity index (χ1n) is 0.774. The van der Waals surface area contributed by atoms with E-state index in [1.807, 2.05) is 0 Å². The smallest absolute Gasteiger partial charge is 0.131 e. The van der Waals surface area contributed by atoms with Gasteiger partial charge in [0.2, 0.25) is 0 Å². The molecule has 0 bridgehead atoms. The molecule has 0 amide bonds. The number of hydrogen-bond acceptors (Lipinski definition) is 1. The Morgan fingerprint density at radius 2 is 2.25 bits per heavy atom. The lowest BCUT2D eigenvalue weighted by molar-refractivity contribution is 0.211. The molecule has 3 nitrogen and oxygen atoms in total. The van der Waals surface area contributed by atoms with Gasteiger partial charge in [-0.2, -0.15) is 0 Å². The minimum atomic E-state index is 0.694. The Morgan fingerprint density at radius 1 is 2.00 bits per heavy atom. The normalized spacial score (nSPS) is 9.00. The fourth-order valence-electron chi connectivity index (χ4n) is 0. The predicted molar refractivity (Wildman–Crippen MR) is 13.4 cm³/mol. The van der Waals surface area contributed by atoms with Crippen LogP contribution in [-0.4, -0.2) is 6.34 Å². The zero-order chi connectivity index (χ0) is 3.41. The summed E-state index contributed by atoms with van der Waals surface area (Å²) in [7, 11) is 0. The van der Waals surface area contributed by atoms with Crippen LogP contribution >= 0.6 is 0 Å². The van der Waals surface area contributed by atoms with Crippen LogP contribution in [0.25, 0.3) is 0 Å². The predicted octanol–water partition coefficient (Wildman–Crippen LogP) is -0.681. The summed E-state index contributed by atoms with van der Waals surface area (Å²) in [6.45, 7) is 0. The van der Waals surface area contributed by atoms with E-state index in [9.17, 15) is 0 Å². The summed E-state index contributed by atoms with van der Waals surface area (Å²) >= 11 is 0. The quantitative estimate of drug-likeness (QED) is 0.224. The molecule has 0 unspecified atom stereocenters. The van der Waals surface area contributed by atoms with Crippen molar-refractivity contribution in [3.05, 3.63) is 0 Å². The topological polar surface area (TPSA) is 58.3 Å². The molecule has 0 aliphatic carbocycles. The first-order chi connectivity index (χ1) is 1.91. The van der Waals surface area contributed by atoms with Gasteiger partial charge < -0.3 is 5.73 Å². The summed E-state index contributed by atoms with van der Waals surface area (Å²) in [5.41, 5.74) is 4.42. The molecule has 0 saturated carbocycles. The second-order valence-electron chi connectivity index (χ2n) is 0.254. The van der Waals surface area contributed by atoms with Gasteiger partial charge in [0.15, 0.2) is 0 Å². The van der Waals surface area contributed by atoms with Crippen molar-refractivity contribution in [3.8, 4) is 0 Å². The molecule has 0 heterocycles. The molecule has 2 N–H and O–H groups in total. The highest BCUT2D eigenvalue weighted by molar-refractivity contribution is 5.49. The van der Waals surface area contributed by atoms with Crippen LogP contribution in [0.2, 0.25) is 0 Å². The van der Waals surface area contributed by atoms with Crippen LogP contribution in [0, 0.1) is 0 Å². The Hall–Kier alpha value is -0.730. The Balaban J connectivity index is 2.55. The van der Waals surface area contributed by atoms with Crippen molar-refractivity contribution in [2.24, 2.45) is 10.9 Å². The van der Waals surface area contributed by atoms with Gasteiger partial charge in [-0.15, -0.1) is 5.21 Å². The molecule has 0 aliphatic rings. The Labute approximate surface area is 23.7 Å². The lowest BCUT2D eigenvalue weighted by Gasteiger charge is -1.48. The van der Waals surface area contributed by atoms with Gasteiger partial charge in [0.25, 0.3) is 0 Å². The molecule has 3 heteroatoms. The van der Waals surface area contributed by atoms with Crippen molar-refractivity contribution in [3.63, 3.8) is 0 Å². The summed E-state index contributed by atoms with van der Waals surface area (Å²) in [4.78, 5) is 0. The van der Waals surface area contributed by atoms with Crippen LogP contribution in [-0.2, 0) is 5.21 Å². The molecule has 0 saturated heterocycles. The maximum absolute atomic E-state index is 8.74. The second-order valence-corrected chi connectivity index (χ2v) is 0.254. The minimum absolute atomic E-state index is 0.694. The average Bonchev–Trinajstić information content (AvgIpc) is 1.37. The van der Waals surface area contributed by atoms with Gasteiger partial charge in [-0.1, -0.05) is 0 Å². The molecular formula is CH3N2O. The molecule has 0 spiro atoms. The van der Waals surface area contributed by atoms with E-state index in [0.717, 1.165) is 0 Å². The van der Waals surface area contributed by atoms with Gasteiger partial charge in [0.1, 0.15) is 6.34 Å². The van der Waals surface area contributed by atoms with Gasteiger partial charge in [-0.3, -0.25) is 0 Å². The summed E-state index contributed by atoms with van der Waals surface area (Å²) in [5, 5.41) is 10.9. The van der Waals surface area contributed by atoms with Crippen LogP contribution < -0.4 is 5.73 Å². The summed E-state index contributed by atoms with van der Waals surface area (Å²) in [6, 6.07) is 0. The number of rotatable bonds is 0. The molecule has 0 aromatic rings. The summed E-state index contributed by atoms with van der Waals surface area (Å²) in [5.74, 6) is 0. The van der Waals surface area contributed by atoms with Gasteiger partial charge in [-0.25, -0.2) is 0 Å². The average molecular weight is 59.0 g/mol. The third-order valence-corrected chi connectivity index (χ3v) is 0.0609. The van der Waals surface area contributed by atoms with Gasteiger partial charge in [0.05, 0.1) is 0 Å². The van der Waals surface area contributed by atoms with Gasteiger partial charge >= 0.3 is 0 Å². The Bertz CT molecular complexity index is 21.2. The second kappa shape index (κ2) is 2.27. The van der Waals surface area contributed by atoms with Crippen molar-refractivity contribution in [1.29, 1.82) is 0 Å². The lowest BCUT2D eigenvalue weighted by atomic mass is 11.4. The standard InChI is InChI=1S/CH3N2O/c2-1-3-4/h1H,(H2,2,3). The summed E-state index contributed by atoms with van der Waals surface area (Å²) in [6.07, 6.45) is 0.694. The van der Waals surface area contributed by atoms with Crippen molar-refractivity contribution in [2.75, 3.05) is 0 Å². The third-order valence-electron chi connectivity index (χ3n) is 0.0609. The molecule has 23 valence electrons. The molecule has 4 heavy (non-hydrogen) atoms. The van der Waals surface area contributed by atoms with E-state index < -0.39 is 0 Å². The molecule has 0 atom stereocenters. The van der Waals surface area contributed by atoms with E-state index in [0.29, 0.717) is 6.34 Å². The summed E-state index contributed by atoms with van der Waals surface area (Å²) < 4.78 is 0. The maximum atomic E-state index is 8.74. The van der Waals surface area contributed by atoms with Crippen LogP contribution in [0.1, 0.15) is 0 Å².